The summed E-state index contributed by atoms with van der Waals surface area (Å²) in [5.41, 5.74) is 4.44. The Kier molecular flexibility index (Phi) is 7.58. The number of rotatable bonds is 7. The lowest BCUT2D eigenvalue weighted by Crippen LogP contribution is -2.25. The third-order valence-corrected chi connectivity index (χ3v) is 6.07. The fourth-order valence-electron chi connectivity index (χ4n) is 3.12. The molecule has 8 heteroatoms. The zero-order valence-corrected chi connectivity index (χ0v) is 19.7. The molecule has 0 unspecified atom stereocenters. The van der Waals surface area contributed by atoms with Crippen LogP contribution < -0.4 is 10.6 Å². The molecule has 0 atom stereocenters. The molecule has 2 aromatic carbocycles. The molecule has 0 aliphatic carbocycles. The van der Waals surface area contributed by atoms with Crippen LogP contribution >= 0.6 is 0 Å². The lowest BCUT2D eigenvalue weighted by atomic mass is 10.1. The van der Waals surface area contributed by atoms with Gasteiger partial charge in [-0.05, 0) is 69.5 Å². The molecule has 0 aliphatic rings. The quantitative estimate of drug-likeness (QED) is 0.387. The van der Waals surface area contributed by atoms with Crippen LogP contribution in [0.25, 0.3) is 0 Å². The maximum Gasteiger partial charge on any atom is 0.285 e. The highest BCUT2D eigenvalue weighted by Gasteiger charge is 2.16. The first kappa shape index (κ1) is 23.4. The van der Waals surface area contributed by atoms with Crippen molar-refractivity contribution in [3.8, 4) is 0 Å². The number of aromatic nitrogens is 2. The fraction of sp³-hybridized carbons (Fsp3) is 0.292. The minimum Gasteiger partial charge on any atom is -0.325 e. The van der Waals surface area contributed by atoms with Gasteiger partial charge in [-0.15, -0.1) is 4.40 Å². The van der Waals surface area contributed by atoms with Crippen LogP contribution in [0.15, 0.2) is 63.9 Å². The number of aryl methyl sites for hydroxylation is 4. The van der Waals surface area contributed by atoms with Crippen molar-refractivity contribution in [2.24, 2.45) is 4.40 Å². The zero-order chi connectivity index (χ0) is 23.1. The van der Waals surface area contributed by atoms with Gasteiger partial charge in [-0.3, -0.25) is 5.32 Å². The van der Waals surface area contributed by atoms with E-state index in [1.165, 1.54) is 5.56 Å². The van der Waals surface area contributed by atoms with Gasteiger partial charge in [0.2, 0.25) is 11.9 Å². The van der Waals surface area contributed by atoms with E-state index in [1.54, 1.807) is 24.3 Å². The maximum absolute atomic E-state index is 12.9. The number of benzene rings is 2. The van der Waals surface area contributed by atoms with Crippen LogP contribution in [0, 0.1) is 20.8 Å². The smallest absolute Gasteiger partial charge is 0.285 e. The summed E-state index contributed by atoms with van der Waals surface area (Å²) in [4.78, 5) is 8.79. The van der Waals surface area contributed by atoms with Crippen molar-refractivity contribution in [2.45, 2.75) is 51.9 Å². The van der Waals surface area contributed by atoms with Gasteiger partial charge in [-0.2, -0.15) is 8.42 Å². The summed E-state index contributed by atoms with van der Waals surface area (Å²) in [7, 11) is -3.95. The van der Waals surface area contributed by atoms with E-state index in [2.05, 4.69) is 31.9 Å². The predicted octanol–water partition coefficient (Wildman–Crippen LogP) is 5.01. The summed E-state index contributed by atoms with van der Waals surface area (Å²) in [5, 5.41) is 6.00. The van der Waals surface area contributed by atoms with E-state index in [4.69, 9.17) is 0 Å². The number of sulfonamides is 1. The second kappa shape index (κ2) is 10.4. The number of nitrogens with zero attached hydrogens (tertiary/aromatic N) is 3. The average Bonchev–Trinajstić information content (AvgIpc) is 2.72. The van der Waals surface area contributed by atoms with E-state index in [-0.39, 0.29) is 16.8 Å². The van der Waals surface area contributed by atoms with Crippen molar-refractivity contribution >= 4 is 27.6 Å². The van der Waals surface area contributed by atoms with Crippen LogP contribution in [-0.4, -0.2) is 24.3 Å². The molecule has 168 valence electrons. The Hall–Kier alpha value is -3.26. The van der Waals surface area contributed by atoms with Gasteiger partial charge in [-0.1, -0.05) is 43.2 Å². The highest BCUT2D eigenvalue weighted by Crippen LogP contribution is 2.16. The third kappa shape index (κ3) is 6.62. The molecule has 7 nitrogen and oxygen atoms in total. The van der Waals surface area contributed by atoms with Crippen molar-refractivity contribution < 1.29 is 8.42 Å². The van der Waals surface area contributed by atoms with E-state index in [0.717, 1.165) is 36.2 Å². The zero-order valence-electron chi connectivity index (χ0n) is 18.9. The van der Waals surface area contributed by atoms with Gasteiger partial charge < -0.3 is 5.32 Å². The van der Waals surface area contributed by atoms with Crippen LogP contribution in [0.3, 0.4) is 0 Å². The fourth-order valence-corrected chi connectivity index (χ4v) is 4.04. The Balaban J connectivity index is 1.93. The van der Waals surface area contributed by atoms with E-state index in [9.17, 15) is 8.42 Å². The van der Waals surface area contributed by atoms with Crippen molar-refractivity contribution in [2.75, 3.05) is 10.6 Å². The number of nitrogens with one attached hydrogen (secondary N) is 2. The summed E-state index contributed by atoms with van der Waals surface area (Å²) in [6.45, 7) is 7.76. The first-order valence-electron chi connectivity index (χ1n) is 10.6. The van der Waals surface area contributed by atoms with Crippen LogP contribution in [-0.2, 0) is 16.4 Å². The molecule has 0 amide bonds. The molecular weight excluding hydrogens is 422 g/mol. The van der Waals surface area contributed by atoms with E-state index >= 15 is 0 Å². The van der Waals surface area contributed by atoms with Gasteiger partial charge in [-0.25, -0.2) is 9.97 Å². The van der Waals surface area contributed by atoms with Crippen LogP contribution in [0.2, 0.25) is 0 Å². The van der Waals surface area contributed by atoms with Crippen molar-refractivity contribution in [1.82, 2.24) is 9.97 Å². The molecule has 1 aromatic heterocycles. The summed E-state index contributed by atoms with van der Waals surface area (Å²) >= 11 is 0. The molecule has 1 heterocycles. The Labute approximate surface area is 190 Å². The molecule has 0 fully saturated rings. The molecule has 0 saturated carbocycles. The molecule has 3 rings (SSSR count). The number of anilines is 2. The first-order valence-corrected chi connectivity index (χ1v) is 12.1. The summed E-state index contributed by atoms with van der Waals surface area (Å²) < 4.78 is 29.9. The monoisotopic (exact) mass is 451 g/mol. The summed E-state index contributed by atoms with van der Waals surface area (Å²) in [6, 6.07) is 16.3. The van der Waals surface area contributed by atoms with Crippen LogP contribution in [0.5, 0.6) is 0 Å². The van der Waals surface area contributed by atoms with E-state index in [1.807, 2.05) is 51.1 Å². The second-order valence-electron chi connectivity index (χ2n) is 7.75. The number of hydrogen-bond acceptors (Lipinski definition) is 4. The van der Waals surface area contributed by atoms with Crippen molar-refractivity contribution in [3.63, 3.8) is 0 Å². The van der Waals surface area contributed by atoms with Gasteiger partial charge >= 0.3 is 0 Å². The summed E-state index contributed by atoms with van der Waals surface area (Å²) in [6.07, 6.45) is 3.27. The Bertz CT molecular complexity index is 1170. The highest BCUT2D eigenvalue weighted by molar-refractivity contribution is 7.90. The van der Waals surface area contributed by atoms with Gasteiger partial charge in [0, 0.05) is 17.1 Å². The average molecular weight is 452 g/mol. The molecule has 0 bridgehead atoms. The highest BCUT2D eigenvalue weighted by atomic mass is 32.2. The largest absolute Gasteiger partial charge is 0.325 e. The molecular formula is C24H29N5O2S. The number of guanidine groups is 1. The van der Waals surface area contributed by atoms with Gasteiger partial charge in [0.15, 0.2) is 0 Å². The second-order valence-corrected chi connectivity index (χ2v) is 9.36. The Morgan fingerprint density at radius 2 is 1.53 bits per heavy atom. The normalized spacial score (nSPS) is 11.9. The molecule has 0 aliphatic heterocycles. The van der Waals surface area contributed by atoms with Gasteiger partial charge in [0.05, 0.1) is 4.90 Å². The van der Waals surface area contributed by atoms with Crippen LogP contribution in [0.1, 0.15) is 42.3 Å². The number of hydrogen-bond donors (Lipinski definition) is 2. The van der Waals surface area contributed by atoms with E-state index < -0.39 is 10.0 Å². The van der Waals surface area contributed by atoms with Gasteiger partial charge in [0.1, 0.15) is 0 Å². The number of unbranched alkanes of at least 4 members (excludes halogenated alkanes) is 1. The van der Waals surface area contributed by atoms with Crippen LogP contribution in [0.4, 0.5) is 11.6 Å². The van der Waals surface area contributed by atoms with Crippen molar-refractivity contribution in [1.29, 1.82) is 0 Å². The Morgan fingerprint density at radius 3 is 2.12 bits per heavy atom. The minimum absolute atomic E-state index is 0.0249. The molecule has 0 spiro atoms. The van der Waals surface area contributed by atoms with Crippen molar-refractivity contribution in [3.05, 3.63) is 77.1 Å². The lowest BCUT2D eigenvalue weighted by molar-refractivity contribution is 0.598. The van der Waals surface area contributed by atoms with E-state index in [0.29, 0.717) is 5.69 Å². The molecule has 2 N–H and O–H groups in total. The SMILES string of the molecule is CCCCc1ccc(NC(=NS(=O)(=O)c2ccc(C)cc2)Nc2nc(C)cc(C)n2)cc1. The standard InChI is InChI=1S/C24H29N5O2S/c1-5-6-7-20-10-12-21(13-11-20)27-24(28-23-25-18(3)16-19(4)26-23)29-32(30,31)22-14-8-17(2)9-15-22/h8-16H,5-7H2,1-4H3,(H2,25,26,27,28,29). The predicted molar refractivity (Wildman–Crippen MR) is 130 cm³/mol. The lowest BCUT2D eigenvalue weighted by Gasteiger charge is -2.13. The molecule has 0 saturated heterocycles. The topological polar surface area (TPSA) is 96.3 Å². The summed E-state index contributed by atoms with van der Waals surface area (Å²) in [5.74, 6) is 0.296. The Morgan fingerprint density at radius 1 is 0.906 bits per heavy atom. The van der Waals surface area contributed by atoms with Gasteiger partial charge in [0.25, 0.3) is 10.0 Å². The minimum atomic E-state index is -3.95. The maximum atomic E-state index is 12.9. The first-order chi connectivity index (χ1) is 15.2. The molecule has 32 heavy (non-hydrogen) atoms. The molecule has 0 radical (unpaired) electrons. The third-order valence-electron chi connectivity index (χ3n) is 4.78. The molecule has 3 aromatic rings.